The molecule has 0 spiro atoms. The molecule has 8 nitrogen and oxygen atoms in total. The van der Waals surface area contributed by atoms with Crippen LogP contribution in [-0.2, 0) is 6.54 Å². The largest absolute Gasteiger partial charge is 0.496 e. The number of amides is 1. The number of nitrogens with two attached hydrogens (primary N) is 1. The Labute approximate surface area is 159 Å². The second-order valence-corrected chi connectivity index (χ2v) is 6.21. The Morgan fingerprint density at radius 2 is 2.00 bits per heavy atom. The number of nitrogens with zero attached hydrogens (tertiary/aromatic N) is 3. The van der Waals surface area contributed by atoms with Gasteiger partial charge in [-0.1, -0.05) is 30.3 Å². The normalized spacial score (nSPS) is 10.9. The molecule has 0 aliphatic heterocycles. The summed E-state index contributed by atoms with van der Waals surface area (Å²) in [5.41, 5.74) is 8.35. The summed E-state index contributed by atoms with van der Waals surface area (Å²) in [6, 6.07) is 14.6. The molecule has 0 aliphatic rings. The summed E-state index contributed by atoms with van der Waals surface area (Å²) in [7, 11) is 1.47. The molecule has 140 valence electrons. The smallest absolute Gasteiger partial charge is 0.329 e. The van der Waals surface area contributed by atoms with Crippen molar-refractivity contribution >= 4 is 17.2 Å². The number of carbonyl (C=O) groups excluding carboxylic acids is 1. The van der Waals surface area contributed by atoms with Crippen molar-refractivity contribution in [3.63, 3.8) is 0 Å². The van der Waals surface area contributed by atoms with E-state index in [1.165, 1.54) is 17.9 Å². The first-order valence-corrected chi connectivity index (χ1v) is 8.54. The lowest BCUT2D eigenvalue weighted by Gasteiger charge is -2.08. The maximum atomic E-state index is 12.4. The van der Waals surface area contributed by atoms with Crippen LogP contribution < -0.4 is 16.2 Å². The van der Waals surface area contributed by atoms with Crippen molar-refractivity contribution in [1.29, 1.82) is 0 Å². The van der Waals surface area contributed by atoms with E-state index in [-0.39, 0.29) is 11.3 Å². The summed E-state index contributed by atoms with van der Waals surface area (Å²) < 4.78 is 6.70. The van der Waals surface area contributed by atoms with E-state index in [1.807, 2.05) is 30.3 Å². The van der Waals surface area contributed by atoms with Gasteiger partial charge in [0, 0.05) is 5.56 Å². The number of primary amides is 1. The van der Waals surface area contributed by atoms with Gasteiger partial charge in [0.05, 0.1) is 31.1 Å². The fraction of sp³-hybridized carbons (Fsp3) is 0.100. The van der Waals surface area contributed by atoms with Gasteiger partial charge in [-0.05, 0) is 23.8 Å². The predicted molar refractivity (Wildman–Crippen MR) is 104 cm³/mol. The molecule has 1 amide bonds. The van der Waals surface area contributed by atoms with E-state index in [1.54, 1.807) is 18.2 Å². The third-order valence-electron chi connectivity index (χ3n) is 4.42. The average Bonchev–Trinajstić information content (AvgIpc) is 3.02. The second-order valence-electron chi connectivity index (χ2n) is 6.21. The Hall–Kier alpha value is -3.94. The summed E-state index contributed by atoms with van der Waals surface area (Å²) in [6.07, 6.45) is 1.54. The molecule has 0 saturated heterocycles. The number of hydrogen-bond donors (Lipinski definition) is 2. The third kappa shape index (κ3) is 3.11. The van der Waals surface area contributed by atoms with E-state index in [4.69, 9.17) is 10.5 Å². The number of hydrogen-bond acceptors (Lipinski definition) is 5. The lowest BCUT2D eigenvalue weighted by molar-refractivity contribution is 0.0997. The topological polar surface area (TPSA) is 116 Å². The van der Waals surface area contributed by atoms with Crippen LogP contribution in [-0.4, -0.2) is 32.5 Å². The number of aromatic nitrogens is 4. The summed E-state index contributed by atoms with van der Waals surface area (Å²) in [5, 5.41) is 0. The molecule has 4 aromatic rings. The number of aromatic amines is 1. The number of rotatable bonds is 5. The summed E-state index contributed by atoms with van der Waals surface area (Å²) in [6.45, 7) is 0.368. The number of carbonyl (C=O) groups is 1. The van der Waals surface area contributed by atoms with Crippen LogP contribution >= 0.6 is 0 Å². The van der Waals surface area contributed by atoms with Gasteiger partial charge in [0.15, 0.2) is 11.3 Å². The van der Waals surface area contributed by atoms with Crippen molar-refractivity contribution < 1.29 is 9.53 Å². The summed E-state index contributed by atoms with van der Waals surface area (Å²) >= 11 is 0. The Morgan fingerprint density at radius 3 is 2.71 bits per heavy atom. The first-order valence-electron chi connectivity index (χ1n) is 8.54. The van der Waals surface area contributed by atoms with Gasteiger partial charge in [-0.3, -0.25) is 14.3 Å². The van der Waals surface area contributed by atoms with Crippen molar-refractivity contribution in [2.24, 2.45) is 5.73 Å². The van der Waals surface area contributed by atoms with Crippen LogP contribution in [0.4, 0.5) is 0 Å². The van der Waals surface area contributed by atoms with Gasteiger partial charge >= 0.3 is 5.69 Å². The fourth-order valence-corrected chi connectivity index (χ4v) is 3.03. The maximum Gasteiger partial charge on any atom is 0.329 e. The highest BCUT2D eigenvalue weighted by Crippen LogP contribution is 2.25. The van der Waals surface area contributed by atoms with Crippen LogP contribution in [0.25, 0.3) is 22.6 Å². The van der Waals surface area contributed by atoms with Crippen LogP contribution in [0.5, 0.6) is 5.75 Å². The highest BCUT2D eigenvalue weighted by atomic mass is 16.5. The van der Waals surface area contributed by atoms with Gasteiger partial charge in [0.1, 0.15) is 5.75 Å². The maximum absolute atomic E-state index is 12.4. The second kappa shape index (κ2) is 6.99. The number of imidazole rings is 1. The molecule has 0 atom stereocenters. The Kier molecular flexibility index (Phi) is 4.36. The minimum Gasteiger partial charge on any atom is -0.496 e. The van der Waals surface area contributed by atoms with Crippen LogP contribution in [0.15, 0.2) is 59.5 Å². The standard InChI is InChI=1S/C20H17N5O3/c1-28-16-8-7-13(9-14(16)17(21)26)15-10-22-18-19(23-15)25(20(27)24-18)11-12-5-3-2-4-6-12/h2-10H,11H2,1H3,(H2,21,26)(H,22,24,27). The summed E-state index contributed by atoms with van der Waals surface area (Å²) in [5.74, 6) is -0.219. The zero-order chi connectivity index (χ0) is 19.7. The Bertz CT molecular complexity index is 1230. The number of ether oxygens (including phenoxy) is 1. The van der Waals surface area contributed by atoms with Gasteiger partial charge in [0.2, 0.25) is 0 Å². The number of nitrogens with one attached hydrogen (secondary N) is 1. The van der Waals surface area contributed by atoms with Gasteiger partial charge < -0.3 is 10.5 Å². The van der Waals surface area contributed by atoms with Crippen molar-refractivity contribution in [3.8, 4) is 17.0 Å². The van der Waals surface area contributed by atoms with Gasteiger partial charge in [0.25, 0.3) is 5.91 Å². The fourth-order valence-electron chi connectivity index (χ4n) is 3.03. The lowest BCUT2D eigenvalue weighted by atomic mass is 10.1. The van der Waals surface area contributed by atoms with E-state index in [0.717, 1.165) is 5.56 Å². The molecule has 0 aliphatic carbocycles. The van der Waals surface area contributed by atoms with Crippen molar-refractivity contribution in [2.75, 3.05) is 7.11 Å². The van der Waals surface area contributed by atoms with Crippen LogP contribution in [0.3, 0.4) is 0 Å². The molecule has 28 heavy (non-hydrogen) atoms. The van der Waals surface area contributed by atoms with Gasteiger partial charge in [-0.15, -0.1) is 0 Å². The molecule has 3 N–H and O–H groups in total. The molecule has 0 radical (unpaired) electrons. The number of benzene rings is 2. The van der Waals surface area contributed by atoms with Crippen LogP contribution in [0.2, 0.25) is 0 Å². The minimum atomic E-state index is -0.602. The Morgan fingerprint density at radius 1 is 1.21 bits per heavy atom. The minimum absolute atomic E-state index is 0.248. The van der Waals surface area contributed by atoms with Crippen LogP contribution in [0, 0.1) is 0 Å². The average molecular weight is 375 g/mol. The first kappa shape index (κ1) is 17.5. The van der Waals surface area contributed by atoms with E-state index in [9.17, 15) is 9.59 Å². The van der Waals surface area contributed by atoms with Crippen LogP contribution in [0.1, 0.15) is 15.9 Å². The molecule has 0 saturated carbocycles. The Balaban J connectivity index is 1.82. The molecule has 0 bridgehead atoms. The van der Waals surface area contributed by atoms with Crippen molar-refractivity contribution in [1.82, 2.24) is 19.5 Å². The quantitative estimate of drug-likeness (QED) is 0.553. The summed E-state index contributed by atoms with van der Waals surface area (Å²) in [4.78, 5) is 35.7. The highest BCUT2D eigenvalue weighted by Gasteiger charge is 2.14. The zero-order valence-corrected chi connectivity index (χ0v) is 15.0. The molecule has 8 heteroatoms. The van der Waals surface area contributed by atoms with E-state index in [2.05, 4.69) is 15.0 Å². The number of methoxy groups -OCH3 is 1. The van der Waals surface area contributed by atoms with Gasteiger partial charge in [-0.25, -0.2) is 14.8 Å². The molecule has 2 aromatic heterocycles. The molecular formula is C20H17N5O3. The first-order chi connectivity index (χ1) is 13.6. The lowest BCUT2D eigenvalue weighted by Crippen LogP contribution is -2.17. The molecule has 4 rings (SSSR count). The van der Waals surface area contributed by atoms with E-state index in [0.29, 0.717) is 34.8 Å². The molecular weight excluding hydrogens is 358 g/mol. The number of fused-ring (bicyclic) bond motifs is 1. The molecule has 0 fully saturated rings. The monoisotopic (exact) mass is 375 g/mol. The molecule has 0 unspecified atom stereocenters. The SMILES string of the molecule is COc1ccc(-c2cnc3[nH]c(=O)n(Cc4ccccc4)c3n2)cc1C(N)=O. The molecule has 2 aromatic carbocycles. The molecule has 2 heterocycles. The van der Waals surface area contributed by atoms with Gasteiger partial charge in [-0.2, -0.15) is 0 Å². The third-order valence-corrected chi connectivity index (χ3v) is 4.42. The van der Waals surface area contributed by atoms with E-state index < -0.39 is 5.91 Å². The zero-order valence-electron chi connectivity index (χ0n) is 15.0. The predicted octanol–water partition coefficient (Wildman–Crippen LogP) is 1.94. The van der Waals surface area contributed by atoms with Crippen molar-refractivity contribution in [3.05, 3.63) is 76.3 Å². The highest BCUT2D eigenvalue weighted by molar-refractivity contribution is 5.97. The number of H-pyrrole nitrogens is 1. The van der Waals surface area contributed by atoms with Crippen molar-refractivity contribution in [2.45, 2.75) is 6.54 Å². The van der Waals surface area contributed by atoms with E-state index >= 15 is 0 Å².